The van der Waals surface area contributed by atoms with E-state index in [9.17, 15) is 9.59 Å². The third-order valence-electron chi connectivity index (χ3n) is 4.16. The number of carboxylic acids is 1. The number of carbonyl (C=O) groups excluding carboxylic acids is 1. The average molecular weight is 368 g/mol. The minimum atomic E-state index is -0.875. The average Bonchev–Trinajstić information content (AvgIpc) is 3.24. The molecule has 6 nitrogen and oxygen atoms in total. The Bertz CT molecular complexity index is 828. The summed E-state index contributed by atoms with van der Waals surface area (Å²) in [6.07, 6.45) is 1.17. The van der Waals surface area contributed by atoms with E-state index in [1.165, 1.54) is 0 Å². The van der Waals surface area contributed by atoms with E-state index in [0.717, 1.165) is 5.69 Å². The lowest BCUT2D eigenvalue weighted by atomic mass is 10.1. The maximum atomic E-state index is 12.2. The molecule has 1 aromatic carbocycles. The molecule has 1 heterocycles. The molecule has 8 heteroatoms. The minimum absolute atomic E-state index is 0.111. The highest BCUT2D eigenvalue weighted by Crippen LogP contribution is 2.45. The summed E-state index contributed by atoms with van der Waals surface area (Å²) in [5.74, 6) is -1.27. The van der Waals surface area contributed by atoms with E-state index in [0.29, 0.717) is 28.6 Å². The molecule has 1 fully saturated rings. The van der Waals surface area contributed by atoms with Gasteiger partial charge in [0.25, 0.3) is 5.91 Å². The van der Waals surface area contributed by atoms with Crippen molar-refractivity contribution in [2.45, 2.75) is 19.8 Å². The van der Waals surface area contributed by atoms with Gasteiger partial charge in [0.1, 0.15) is 0 Å². The molecule has 2 aromatic rings. The first kappa shape index (κ1) is 16.8. The second-order valence-electron chi connectivity index (χ2n) is 5.95. The van der Waals surface area contributed by atoms with Crippen molar-refractivity contribution in [1.82, 2.24) is 15.1 Å². The molecule has 3 rings (SSSR count). The predicted molar refractivity (Wildman–Crippen MR) is 90.0 cm³/mol. The number of hydrogen-bond acceptors (Lipinski definition) is 3. The molecular weight excluding hydrogens is 353 g/mol. The molecule has 0 aliphatic heterocycles. The number of rotatable bonds is 5. The van der Waals surface area contributed by atoms with Crippen LogP contribution in [-0.4, -0.2) is 33.3 Å². The van der Waals surface area contributed by atoms with E-state index in [1.807, 2.05) is 6.92 Å². The summed E-state index contributed by atoms with van der Waals surface area (Å²) in [7, 11) is 0. The number of amides is 1. The molecule has 1 amide bonds. The molecular formula is C16H15Cl2N3O3. The molecule has 1 aliphatic carbocycles. The summed E-state index contributed by atoms with van der Waals surface area (Å²) in [4.78, 5) is 23.4. The molecule has 1 aliphatic rings. The van der Waals surface area contributed by atoms with Gasteiger partial charge >= 0.3 is 5.97 Å². The van der Waals surface area contributed by atoms with E-state index in [-0.39, 0.29) is 12.2 Å². The Morgan fingerprint density at radius 2 is 2.00 bits per heavy atom. The fourth-order valence-electron chi connectivity index (χ4n) is 2.42. The maximum Gasteiger partial charge on any atom is 0.311 e. The van der Waals surface area contributed by atoms with Crippen LogP contribution >= 0.6 is 23.2 Å². The van der Waals surface area contributed by atoms with Crippen LogP contribution in [0.4, 0.5) is 0 Å². The summed E-state index contributed by atoms with van der Waals surface area (Å²) in [5, 5.41) is 16.9. The van der Waals surface area contributed by atoms with E-state index in [4.69, 9.17) is 28.3 Å². The lowest BCUT2D eigenvalue weighted by Crippen LogP contribution is -2.34. The van der Waals surface area contributed by atoms with Crippen molar-refractivity contribution in [3.63, 3.8) is 0 Å². The second kappa shape index (κ2) is 6.11. The zero-order chi connectivity index (χ0) is 17.5. The first-order valence-electron chi connectivity index (χ1n) is 7.36. The quantitative estimate of drug-likeness (QED) is 0.850. The van der Waals surface area contributed by atoms with Gasteiger partial charge in [-0.05, 0) is 44.0 Å². The van der Waals surface area contributed by atoms with Gasteiger partial charge < -0.3 is 10.4 Å². The van der Waals surface area contributed by atoms with Gasteiger partial charge in [-0.15, -0.1) is 0 Å². The number of carboxylic acid groups (broad SMARTS) is 1. The summed E-state index contributed by atoms with van der Waals surface area (Å²) in [6, 6.07) is 6.71. The van der Waals surface area contributed by atoms with E-state index < -0.39 is 17.3 Å². The topological polar surface area (TPSA) is 84.2 Å². The van der Waals surface area contributed by atoms with Crippen molar-refractivity contribution >= 4 is 35.1 Å². The van der Waals surface area contributed by atoms with Crippen molar-refractivity contribution < 1.29 is 14.7 Å². The molecule has 0 spiro atoms. The third kappa shape index (κ3) is 3.12. The zero-order valence-corrected chi connectivity index (χ0v) is 14.4. The number of nitrogens with one attached hydrogen (secondary N) is 1. The predicted octanol–water partition coefficient (Wildman–Crippen LogP) is 3.08. The standard InChI is InChI=1S/C16H15Cl2N3O3/c1-9-6-13(14(22)19-8-16(4-5-16)15(23)24)20-21(9)10-2-3-11(17)12(18)7-10/h2-3,6-7H,4-5,8H2,1H3,(H,19,22)(H,23,24). The molecule has 2 N–H and O–H groups in total. The summed E-state index contributed by atoms with van der Waals surface area (Å²) < 4.78 is 1.58. The monoisotopic (exact) mass is 367 g/mol. The Hall–Kier alpha value is -2.05. The second-order valence-corrected chi connectivity index (χ2v) is 6.76. The Morgan fingerprint density at radius 1 is 1.29 bits per heavy atom. The highest BCUT2D eigenvalue weighted by atomic mass is 35.5. The van der Waals surface area contributed by atoms with Gasteiger partial charge in [-0.25, -0.2) is 4.68 Å². The summed E-state index contributed by atoms with van der Waals surface area (Å²) >= 11 is 11.9. The number of nitrogens with zero attached hydrogens (tertiary/aromatic N) is 2. The van der Waals surface area contributed by atoms with Gasteiger partial charge in [0, 0.05) is 12.2 Å². The zero-order valence-electron chi connectivity index (χ0n) is 12.8. The molecule has 1 aromatic heterocycles. The van der Waals surface area contributed by atoms with Gasteiger partial charge in [0.05, 0.1) is 21.1 Å². The van der Waals surface area contributed by atoms with Crippen LogP contribution in [0, 0.1) is 12.3 Å². The van der Waals surface area contributed by atoms with Crippen molar-refractivity contribution in [2.75, 3.05) is 6.54 Å². The Kier molecular flexibility index (Phi) is 4.27. The van der Waals surface area contributed by atoms with Crippen molar-refractivity contribution in [3.05, 3.63) is 45.7 Å². The van der Waals surface area contributed by atoms with Crippen LogP contribution in [0.3, 0.4) is 0 Å². The number of hydrogen-bond donors (Lipinski definition) is 2. The number of aromatic nitrogens is 2. The highest BCUT2D eigenvalue weighted by molar-refractivity contribution is 6.42. The molecule has 24 heavy (non-hydrogen) atoms. The largest absolute Gasteiger partial charge is 0.481 e. The number of benzene rings is 1. The van der Waals surface area contributed by atoms with Crippen LogP contribution in [0.2, 0.25) is 10.0 Å². The SMILES string of the molecule is Cc1cc(C(=O)NCC2(C(=O)O)CC2)nn1-c1ccc(Cl)c(Cl)c1. The summed E-state index contributed by atoms with van der Waals surface area (Å²) in [6.45, 7) is 1.92. The van der Waals surface area contributed by atoms with Gasteiger partial charge in [-0.2, -0.15) is 5.10 Å². The van der Waals surface area contributed by atoms with Gasteiger partial charge in [-0.1, -0.05) is 23.2 Å². The molecule has 126 valence electrons. The van der Waals surface area contributed by atoms with Gasteiger partial charge in [-0.3, -0.25) is 9.59 Å². The van der Waals surface area contributed by atoms with E-state index in [2.05, 4.69) is 10.4 Å². The highest BCUT2D eigenvalue weighted by Gasteiger charge is 2.50. The van der Waals surface area contributed by atoms with Crippen LogP contribution in [-0.2, 0) is 4.79 Å². The Labute approximate surface area is 148 Å². The normalized spacial score (nSPS) is 15.1. The first-order chi connectivity index (χ1) is 11.3. The molecule has 0 bridgehead atoms. The molecule has 0 atom stereocenters. The lowest BCUT2D eigenvalue weighted by Gasteiger charge is -2.10. The molecule has 1 saturated carbocycles. The maximum absolute atomic E-state index is 12.2. The minimum Gasteiger partial charge on any atom is -0.481 e. The van der Waals surface area contributed by atoms with Crippen LogP contribution < -0.4 is 5.32 Å². The van der Waals surface area contributed by atoms with E-state index >= 15 is 0 Å². The Balaban J connectivity index is 1.77. The number of carbonyl (C=O) groups is 2. The smallest absolute Gasteiger partial charge is 0.311 e. The Morgan fingerprint density at radius 3 is 2.58 bits per heavy atom. The third-order valence-corrected chi connectivity index (χ3v) is 4.90. The first-order valence-corrected chi connectivity index (χ1v) is 8.12. The van der Waals surface area contributed by atoms with Gasteiger partial charge in [0.2, 0.25) is 0 Å². The van der Waals surface area contributed by atoms with Crippen molar-refractivity contribution in [2.24, 2.45) is 5.41 Å². The molecule has 0 radical (unpaired) electrons. The van der Waals surface area contributed by atoms with Crippen LogP contribution in [0.25, 0.3) is 5.69 Å². The van der Waals surface area contributed by atoms with Crippen molar-refractivity contribution in [3.8, 4) is 5.69 Å². The molecule has 0 unspecified atom stereocenters. The number of aryl methyl sites for hydroxylation is 1. The lowest BCUT2D eigenvalue weighted by molar-refractivity contribution is -0.143. The van der Waals surface area contributed by atoms with Crippen LogP contribution in [0.15, 0.2) is 24.3 Å². The van der Waals surface area contributed by atoms with E-state index in [1.54, 1.807) is 28.9 Å². The van der Waals surface area contributed by atoms with Crippen LogP contribution in [0.5, 0.6) is 0 Å². The fraction of sp³-hybridized carbons (Fsp3) is 0.312. The van der Waals surface area contributed by atoms with Gasteiger partial charge in [0.15, 0.2) is 5.69 Å². The number of halogens is 2. The van der Waals surface area contributed by atoms with Crippen molar-refractivity contribution in [1.29, 1.82) is 0 Å². The fourth-order valence-corrected chi connectivity index (χ4v) is 2.71. The molecule has 0 saturated heterocycles. The summed E-state index contributed by atoms with van der Waals surface area (Å²) in [5.41, 5.74) is 0.847. The number of aliphatic carboxylic acids is 1. The van der Waals surface area contributed by atoms with Crippen LogP contribution in [0.1, 0.15) is 29.0 Å².